The van der Waals surface area contributed by atoms with E-state index in [2.05, 4.69) is 5.32 Å². The maximum atomic E-state index is 13.0. The van der Waals surface area contributed by atoms with Crippen molar-refractivity contribution in [3.8, 4) is 11.5 Å². The number of esters is 1. The molecule has 8 nitrogen and oxygen atoms in total. The SMILES string of the molecule is O=C(COC(=O)c1cccc2c1C(=O)c1ccccc1C2=O)Nc1ccc2c(c1)OCCO2. The van der Waals surface area contributed by atoms with Crippen molar-refractivity contribution in [2.45, 2.75) is 0 Å². The highest BCUT2D eigenvalue weighted by Crippen LogP contribution is 2.33. The van der Waals surface area contributed by atoms with Crippen LogP contribution in [0.4, 0.5) is 5.69 Å². The average molecular weight is 443 g/mol. The van der Waals surface area contributed by atoms with Gasteiger partial charge in [0.15, 0.2) is 29.7 Å². The molecule has 33 heavy (non-hydrogen) atoms. The zero-order valence-electron chi connectivity index (χ0n) is 17.3. The molecule has 1 heterocycles. The summed E-state index contributed by atoms with van der Waals surface area (Å²) < 4.78 is 16.1. The molecule has 3 aromatic rings. The van der Waals surface area contributed by atoms with Crippen molar-refractivity contribution in [3.05, 3.63) is 88.5 Å². The number of hydrogen-bond acceptors (Lipinski definition) is 7. The first-order valence-electron chi connectivity index (χ1n) is 10.2. The summed E-state index contributed by atoms with van der Waals surface area (Å²) in [7, 11) is 0. The maximum absolute atomic E-state index is 13.0. The summed E-state index contributed by atoms with van der Waals surface area (Å²) >= 11 is 0. The summed E-state index contributed by atoms with van der Waals surface area (Å²) in [5.74, 6) is -1.13. The molecule has 0 unspecified atom stereocenters. The monoisotopic (exact) mass is 443 g/mol. The highest BCUT2D eigenvalue weighted by atomic mass is 16.6. The predicted octanol–water partition coefficient (Wildman–Crippen LogP) is 3.03. The molecular formula is C25H17NO7. The number of hydrogen-bond donors (Lipinski definition) is 1. The first kappa shape index (κ1) is 20.4. The Morgan fingerprint density at radius 2 is 1.52 bits per heavy atom. The Hall–Kier alpha value is -4.46. The summed E-state index contributed by atoms with van der Waals surface area (Å²) in [6, 6.07) is 15.8. The molecule has 2 aliphatic rings. The van der Waals surface area contributed by atoms with Crippen molar-refractivity contribution >= 4 is 29.1 Å². The minimum Gasteiger partial charge on any atom is -0.486 e. The lowest BCUT2D eigenvalue weighted by Crippen LogP contribution is -2.26. The molecule has 0 aromatic heterocycles. The van der Waals surface area contributed by atoms with E-state index >= 15 is 0 Å². The zero-order valence-corrected chi connectivity index (χ0v) is 17.3. The van der Waals surface area contributed by atoms with Gasteiger partial charge in [-0.15, -0.1) is 0 Å². The normalized spacial score (nSPS) is 13.6. The molecule has 0 saturated heterocycles. The lowest BCUT2D eigenvalue weighted by atomic mass is 9.82. The second-order valence-electron chi connectivity index (χ2n) is 7.41. The van der Waals surface area contributed by atoms with Gasteiger partial charge < -0.3 is 19.5 Å². The van der Waals surface area contributed by atoms with Crippen LogP contribution in [0.1, 0.15) is 42.2 Å². The van der Waals surface area contributed by atoms with E-state index in [0.717, 1.165) is 0 Å². The third-order valence-electron chi connectivity index (χ3n) is 5.33. The van der Waals surface area contributed by atoms with E-state index in [1.54, 1.807) is 42.5 Å². The smallest absolute Gasteiger partial charge is 0.339 e. The number of ketones is 2. The van der Waals surface area contributed by atoms with Gasteiger partial charge in [0.25, 0.3) is 5.91 Å². The van der Waals surface area contributed by atoms with Gasteiger partial charge in [0.05, 0.1) is 5.56 Å². The lowest BCUT2D eigenvalue weighted by Gasteiger charge is -2.19. The molecule has 5 rings (SSSR count). The van der Waals surface area contributed by atoms with Crippen LogP contribution in [-0.2, 0) is 9.53 Å². The highest BCUT2D eigenvalue weighted by Gasteiger charge is 2.33. The number of ether oxygens (including phenoxy) is 3. The summed E-state index contributed by atoms with van der Waals surface area (Å²) in [4.78, 5) is 50.9. The number of rotatable bonds is 4. The van der Waals surface area contributed by atoms with Crippen LogP contribution >= 0.6 is 0 Å². The molecular weight excluding hydrogens is 426 g/mol. The quantitative estimate of drug-likeness (QED) is 0.483. The molecule has 164 valence electrons. The molecule has 8 heteroatoms. The molecule has 0 atom stereocenters. The van der Waals surface area contributed by atoms with Crippen molar-refractivity contribution < 1.29 is 33.4 Å². The third-order valence-corrected chi connectivity index (χ3v) is 5.33. The Bertz CT molecular complexity index is 1330. The number of fused-ring (bicyclic) bond motifs is 3. The molecule has 3 aromatic carbocycles. The van der Waals surface area contributed by atoms with Gasteiger partial charge in [0.1, 0.15) is 13.2 Å². The molecule has 0 saturated carbocycles. The van der Waals surface area contributed by atoms with Crippen molar-refractivity contribution in [3.63, 3.8) is 0 Å². The highest BCUT2D eigenvalue weighted by molar-refractivity contribution is 6.30. The molecule has 1 amide bonds. The maximum Gasteiger partial charge on any atom is 0.339 e. The van der Waals surface area contributed by atoms with Gasteiger partial charge in [0, 0.05) is 34.0 Å². The second-order valence-corrected chi connectivity index (χ2v) is 7.41. The van der Waals surface area contributed by atoms with Crippen molar-refractivity contribution in [2.24, 2.45) is 0 Å². The van der Waals surface area contributed by atoms with E-state index in [9.17, 15) is 19.2 Å². The van der Waals surface area contributed by atoms with Crippen molar-refractivity contribution in [1.82, 2.24) is 0 Å². The van der Waals surface area contributed by atoms with Gasteiger partial charge >= 0.3 is 5.97 Å². The molecule has 1 aliphatic heterocycles. The minimum atomic E-state index is -0.871. The summed E-state index contributed by atoms with van der Waals surface area (Å²) in [5.41, 5.74) is 1.03. The fraction of sp³-hybridized carbons (Fsp3) is 0.120. The van der Waals surface area contributed by atoms with Crippen LogP contribution in [0.15, 0.2) is 60.7 Å². The molecule has 1 aliphatic carbocycles. The Labute approximate surface area is 188 Å². The van der Waals surface area contributed by atoms with Crippen LogP contribution in [0.3, 0.4) is 0 Å². The van der Waals surface area contributed by atoms with Crippen LogP contribution in [-0.4, -0.2) is 43.3 Å². The summed E-state index contributed by atoms with van der Waals surface area (Å²) in [6.07, 6.45) is 0. The number of carbonyl (C=O) groups excluding carboxylic acids is 4. The van der Waals surface area contributed by atoms with Crippen LogP contribution < -0.4 is 14.8 Å². The van der Waals surface area contributed by atoms with Crippen LogP contribution in [0, 0.1) is 0 Å². The topological polar surface area (TPSA) is 108 Å². The molecule has 0 spiro atoms. The predicted molar refractivity (Wildman–Crippen MR) is 116 cm³/mol. The van der Waals surface area contributed by atoms with E-state index in [4.69, 9.17) is 14.2 Å². The number of amides is 1. The second kappa shape index (κ2) is 8.23. The van der Waals surface area contributed by atoms with Gasteiger partial charge in [0.2, 0.25) is 0 Å². The summed E-state index contributed by atoms with van der Waals surface area (Å²) in [6.45, 7) is 0.294. The van der Waals surface area contributed by atoms with Crippen molar-refractivity contribution in [2.75, 3.05) is 25.1 Å². The van der Waals surface area contributed by atoms with Gasteiger partial charge in [-0.1, -0.05) is 36.4 Å². The van der Waals surface area contributed by atoms with Crippen LogP contribution in [0.5, 0.6) is 11.5 Å². The number of carbonyl (C=O) groups is 4. The fourth-order valence-corrected chi connectivity index (χ4v) is 3.84. The molecule has 0 bridgehead atoms. The van der Waals surface area contributed by atoms with Gasteiger partial charge in [-0.25, -0.2) is 4.79 Å². The number of nitrogens with one attached hydrogen (secondary N) is 1. The van der Waals surface area contributed by atoms with E-state index < -0.39 is 24.3 Å². The zero-order chi connectivity index (χ0) is 22.9. The van der Waals surface area contributed by atoms with E-state index in [1.165, 1.54) is 18.2 Å². The molecule has 1 N–H and O–H groups in total. The fourth-order valence-electron chi connectivity index (χ4n) is 3.84. The Morgan fingerprint density at radius 1 is 0.818 bits per heavy atom. The summed E-state index contributed by atoms with van der Waals surface area (Å²) in [5, 5.41) is 2.62. The van der Waals surface area contributed by atoms with E-state index in [0.29, 0.717) is 36.0 Å². The van der Waals surface area contributed by atoms with Gasteiger partial charge in [-0.2, -0.15) is 0 Å². The first-order valence-corrected chi connectivity index (χ1v) is 10.2. The number of anilines is 1. The molecule has 0 radical (unpaired) electrons. The van der Waals surface area contributed by atoms with E-state index in [-0.39, 0.29) is 28.0 Å². The van der Waals surface area contributed by atoms with Crippen molar-refractivity contribution in [1.29, 1.82) is 0 Å². The largest absolute Gasteiger partial charge is 0.486 e. The van der Waals surface area contributed by atoms with Gasteiger partial charge in [-0.05, 0) is 18.2 Å². The van der Waals surface area contributed by atoms with Crippen LogP contribution in [0.25, 0.3) is 0 Å². The average Bonchev–Trinajstić information content (AvgIpc) is 2.85. The number of benzene rings is 3. The van der Waals surface area contributed by atoms with Crippen LogP contribution in [0.2, 0.25) is 0 Å². The standard InChI is InChI=1S/C25H17NO7/c27-21(26-14-8-9-19-20(12-14)32-11-10-31-19)13-33-25(30)18-7-3-6-17-22(18)24(29)16-5-2-1-4-15(16)23(17)28/h1-9,12H,10-11,13H2,(H,26,27). The first-order chi connectivity index (χ1) is 16.0. The Morgan fingerprint density at radius 3 is 2.30 bits per heavy atom. The van der Waals surface area contributed by atoms with Gasteiger partial charge in [-0.3, -0.25) is 14.4 Å². The Kier molecular flexibility index (Phi) is 5.10. The van der Waals surface area contributed by atoms with E-state index in [1.807, 2.05) is 0 Å². The molecule has 0 fully saturated rings. The lowest BCUT2D eigenvalue weighted by molar-refractivity contribution is -0.119. The minimum absolute atomic E-state index is 0.0153. The Balaban J connectivity index is 1.31. The third kappa shape index (κ3) is 3.71.